The van der Waals surface area contributed by atoms with Gasteiger partial charge in [-0.1, -0.05) is 62.3 Å². The van der Waals surface area contributed by atoms with Crippen molar-refractivity contribution in [1.29, 1.82) is 0 Å². The summed E-state index contributed by atoms with van der Waals surface area (Å²) in [5, 5.41) is 0.245. The molecule has 0 aromatic rings. The van der Waals surface area contributed by atoms with E-state index in [-0.39, 0.29) is 10.5 Å². The van der Waals surface area contributed by atoms with Crippen LogP contribution in [0.1, 0.15) is 88.0 Å². The molecule has 4 heteroatoms. The SMILES string of the molecule is CC[Si](CC)(CC)O/C=C/[C@]12CC[C@@]1(C)[C@@H]1CC(C)(C)C[C@@H]1[C@H]2O[Si](C)(C)C(C)(C)C. The van der Waals surface area contributed by atoms with Gasteiger partial charge in [0.05, 0.1) is 12.4 Å². The Kier molecular flexibility index (Phi) is 6.60. The third-order valence-corrected chi connectivity index (χ3v) is 19.7. The highest BCUT2D eigenvalue weighted by Crippen LogP contribution is 2.77. The van der Waals surface area contributed by atoms with Gasteiger partial charge in [0.1, 0.15) is 0 Å². The largest absolute Gasteiger partial charge is 0.549 e. The number of hydrogen-bond acceptors (Lipinski definition) is 2. The van der Waals surface area contributed by atoms with Crippen LogP contribution in [0.2, 0.25) is 36.3 Å². The van der Waals surface area contributed by atoms with Crippen molar-refractivity contribution < 1.29 is 8.85 Å². The van der Waals surface area contributed by atoms with Crippen LogP contribution < -0.4 is 0 Å². The van der Waals surface area contributed by atoms with Crippen molar-refractivity contribution in [2.45, 2.75) is 130 Å². The standard InChI is InChI=1S/C27H52O2Si2/c1-12-31(13-2,14-3)28-18-17-27-16-15-26(27,9)22-20-25(7,8)19-21(22)23(27)29-30(10,11)24(4,5)6/h17-18,21-23H,12-16,19-20H2,1-11H3/b18-17+/t21-,22+,23+,26-,27-/m0/s1. The second-order valence-corrected chi connectivity index (χ2v) is 23.2. The van der Waals surface area contributed by atoms with Crippen molar-refractivity contribution in [1.82, 2.24) is 0 Å². The molecule has 0 aromatic carbocycles. The maximum Gasteiger partial charge on any atom is 0.249 e. The van der Waals surface area contributed by atoms with Crippen LogP contribution in [0.25, 0.3) is 0 Å². The highest BCUT2D eigenvalue weighted by Gasteiger charge is 2.73. The Morgan fingerprint density at radius 3 is 1.97 bits per heavy atom. The molecule has 31 heavy (non-hydrogen) atoms. The van der Waals surface area contributed by atoms with Gasteiger partial charge < -0.3 is 8.85 Å². The first kappa shape index (κ1) is 25.6. The van der Waals surface area contributed by atoms with E-state index >= 15 is 0 Å². The molecular formula is C27H52O2Si2. The normalized spacial score (nSPS) is 37.6. The molecule has 0 amide bonds. The van der Waals surface area contributed by atoms with E-state index < -0.39 is 16.6 Å². The van der Waals surface area contributed by atoms with Crippen LogP contribution in [0.3, 0.4) is 0 Å². The van der Waals surface area contributed by atoms with Crippen LogP contribution in [0.5, 0.6) is 0 Å². The van der Waals surface area contributed by atoms with E-state index in [1.807, 2.05) is 0 Å². The fourth-order valence-electron chi connectivity index (χ4n) is 7.17. The first-order valence-electron chi connectivity index (χ1n) is 13.2. The van der Waals surface area contributed by atoms with Crippen molar-refractivity contribution in [2.75, 3.05) is 0 Å². The molecule has 3 fully saturated rings. The third kappa shape index (κ3) is 3.95. The van der Waals surface area contributed by atoms with E-state index in [9.17, 15) is 0 Å². The van der Waals surface area contributed by atoms with Gasteiger partial charge in [-0.25, -0.2) is 0 Å². The molecule has 0 unspecified atom stereocenters. The first-order chi connectivity index (χ1) is 14.1. The average molecular weight is 465 g/mol. The third-order valence-electron chi connectivity index (χ3n) is 10.8. The van der Waals surface area contributed by atoms with Crippen molar-refractivity contribution in [3.8, 4) is 0 Å². The molecule has 3 aliphatic carbocycles. The lowest BCUT2D eigenvalue weighted by molar-refractivity contribution is -0.0832. The minimum absolute atomic E-state index is 0.170. The molecule has 0 aromatic heterocycles. The van der Waals surface area contributed by atoms with Crippen molar-refractivity contribution in [3.63, 3.8) is 0 Å². The van der Waals surface area contributed by atoms with Gasteiger partial charge in [0.2, 0.25) is 8.32 Å². The van der Waals surface area contributed by atoms with Gasteiger partial charge in [0, 0.05) is 5.41 Å². The van der Waals surface area contributed by atoms with Crippen LogP contribution in [-0.2, 0) is 8.85 Å². The number of rotatable bonds is 8. The summed E-state index contributed by atoms with van der Waals surface area (Å²) < 4.78 is 14.0. The lowest BCUT2D eigenvalue weighted by atomic mass is 9.48. The summed E-state index contributed by atoms with van der Waals surface area (Å²) in [6.45, 7) is 26.6. The Morgan fingerprint density at radius 1 is 0.935 bits per heavy atom. The fourth-order valence-corrected chi connectivity index (χ4v) is 10.9. The van der Waals surface area contributed by atoms with E-state index in [4.69, 9.17) is 8.85 Å². The summed E-state index contributed by atoms with van der Waals surface area (Å²) >= 11 is 0. The predicted molar refractivity (Wildman–Crippen MR) is 139 cm³/mol. The van der Waals surface area contributed by atoms with Crippen LogP contribution in [0.15, 0.2) is 12.3 Å². The lowest BCUT2D eigenvalue weighted by Gasteiger charge is -2.58. The summed E-state index contributed by atoms with van der Waals surface area (Å²) in [4.78, 5) is 0. The second kappa shape index (κ2) is 8.01. The van der Waals surface area contributed by atoms with Gasteiger partial charge in [-0.05, 0) is 90.7 Å². The monoisotopic (exact) mass is 464 g/mol. The molecule has 5 atom stereocenters. The molecule has 0 bridgehead atoms. The van der Waals surface area contributed by atoms with Crippen molar-refractivity contribution in [3.05, 3.63) is 12.3 Å². The van der Waals surface area contributed by atoms with Crippen molar-refractivity contribution >= 4 is 16.6 Å². The summed E-state index contributed by atoms with van der Waals surface area (Å²) in [5.41, 5.74) is 0.987. The number of fused-ring (bicyclic) bond motifs is 3. The lowest BCUT2D eigenvalue weighted by Crippen LogP contribution is -2.56. The molecule has 2 nitrogen and oxygen atoms in total. The summed E-state index contributed by atoms with van der Waals surface area (Å²) in [5.74, 6) is 1.49. The molecule has 3 aliphatic rings. The Bertz CT molecular complexity index is 680. The molecule has 0 aliphatic heterocycles. The summed E-state index contributed by atoms with van der Waals surface area (Å²) in [6, 6.07) is 3.62. The minimum Gasteiger partial charge on any atom is -0.549 e. The zero-order chi connectivity index (χ0) is 23.5. The Balaban J connectivity index is 1.97. The van der Waals surface area contributed by atoms with Crippen LogP contribution in [0.4, 0.5) is 0 Å². The Hall–Kier alpha value is -0.0662. The smallest absolute Gasteiger partial charge is 0.249 e. The van der Waals surface area contributed by atoms with Gasteiger partial charge in [-0.15, -0.1) is 0 Å². The molecule has 0 radical (unpaired) electrons. The Morgan fingerprint density at radius 2 is 1.52 bits per heavy atom. The van der Waals surface area contributed by atoms with Gasteiger partial charge >= 0.3 is 0 Å². The second-order valence-electron chi connectivity index (χ2n) is 13.8. The van der Waals surface area contributed by atoms with Crippen LogP contribution >= 0.6 is 0 Å². The predicted octanol–water partition coefficient (Wildman–Crippen LogP) is 8.76. The van der Waals surface area contributed by atoms with Crippen molar-refractivity contribution in [2.24, 2.45) is 28.1 Å². The zero-order valence-electron chi connectivity index (χ0n) is 22.7. The van der Waals surface area contributed by atoms with Gasteiger partial charge in [0.15, 0.2) is 8.32 Å². The van der Waals surface area contributed by atoms with Crippen LogP contribution in [0, 0.1) is 28.1 Å². The van der Waals surface area contributed by atoms with Crippen LogP contribution in [-0.4, -0.2) is 22.7 Å². The maximum atomic E-state index is 7.38. The molecule has 3 rings (SSSR count). The number of hydrogen-bond donors (Lipinski definition) is 0. The highest BCUT2D eigenvalue weighted by atomic mass is 28.4. The zero-order valence-corrected chi connectivity index (χ0v) is 24.7. The Labute approximate surface area is 196 Å². The topological polar surface area (TPSA) is 18.5 Å². The van der Waals surface area contributed by atoms with E-state index in [0.717, 1.165) is 5.92 Å². The molecule has 3 saturated carbocycles. The minimum atomic E-state index is -1.86. The van der Waals surface area contributed by atoms with E-state index in [1.54, 1.807) is 0 Å². The quantitative estimate of drug-likeness (QED) is 0.264. The molecule has 0 N–H and O–H groups in total. The van der Waals surface area contributed by atoms with E-state index in [1.165, 1.54) is 43.8 Å². The molecule has 0 saturated heterocycles. The molecular weight excluding hydrogens is 412 g/mol. The van der Waals surface area contributed by atoms with Gasteiger partial charge in [-0.3, -0.25) is 0 Å². The van der Waals surface area contributed by atoms with Gasteiger partial charge in [0.25, 0.3) is 0 Å². The van der Waals surface area contributed by atoms with E-state index in [2.05, 4.69) is 87.7 Å². The molecule has 180 valence electrons. The highest BCUT2D eigenvalue weighted by molar-refractivity contribution is 6.74. The first-order valence-corrected chi connectivity index (χ1v) is 18.6. The fraction of sp³-hybridized carbons (Fsp3) is 0.926. The summed E-state index contributed by atoms with van der Waals surface area (Å²) in [7, 11) is -3.47. The molecule has 0 heterocycles. The summed E-state index contributed by atoms with van der Waals surface area (Å²) in [6.07, 6.45) is 10.4. The van der Waals surface area contributed by atoms with Gasteiger partial charge in [-0.2, -0.15) is 0 Å². The average Bonchev–Trinajstić information content (AvgIpc) is 3.04. The maximum absolute atomic E-state index is 7.38. The molecule has 0 spiro atoms. The van der Waals surface area contributed by atoms with E-state index in [0.29, 0.717) is 22.9 Å².